The molecule has 0 fully saturated rings. The number of allylic oxidation sites excluding steroid dienone is 3. The molecule has 0 aliphatic heterocycles. The molecule has 0 spiro atoms. The summed E-state index contributed by atoms with van der Waals surface area (Å²) in [4.78, 5) is 25.9. The van der Waals surface area contributed by atoms with Crippen LogP contribution in [0.5, 0.6) is 0 Å². The van der Waals surface area contributed by atoms with E-state index in [1.165, 1.54) is 6.20 Å². The summed E-state index contributed by atoms with van der Waals surface area (Å²) in [6.45, 7) is 0.0106. The van der Waals surface area contributed by atoms with Gasteiger partial charge in [0.15, 0.2) is 0 Å². The molecular weight excluding hydrogens is 659 g/mol. The van der Waals surface area contributed by atoms with Crippen molar-refractivity contribution in [3.8, 4) is 0 Å². The minimum Gasteiger partial charge on any atom is -0.391 e. The highest BCUT2D eigenvalue weighted by Gasteiger charge is 2.58. The van der Waals surface area contributed by atoms with Crippen molar-refractivity contribution in [3.63, 3.8) is 0 Å². The molecule has 2 atom stereocenters. The van der Waals surface area contributed by atoms with Gasteiger partial charge in [0.1, 0.15) is 17.0 Å². The molecule has 0 saturated carbocycles. The van der Waals surface area contributed by atoms with Crippen LogP contribution in [0.15, 0.2) is 193 Å². The van der Waals surface area contributed by atoms with E-state index in [0.717, 1.165) is 27.8 Å². The third-order valence-electron chi connectivity index (χ3n) is 10.2. The van der Waals surface area contributed by atoms with Gasteiger partial charge < -0.3 is 9.84 Å². The number of nitrogens with zero attached hydrogens (tertiary/aromatic N) is 2. The Bertz CT molecular complexity index is 2040. The first kappa shape index (κ1) is 35.5. The molecule has 1 heterocycles. The topological polar surface area (TPSA) is 87.7 Å². The van der Waals surface area contributed by atoms with Crippen molar-refractivity contribution in [2.45, 2.75) is 30.1 Å². The van der Waals surface area contributed by atoms with Gasteiger partial charge in [0.05, 0.1) is 19.8 Å². The van der Waals surface area contributed by atoms with Gasteiger partial charge >= 0.3 is 5.69 Å². The molecule has 1 aliphatic rings. The Morgan fingerprint density at radius 1 is 0.717 bits per heavy atom. The Balaban J connectivity index is 1.39. The van der Waals surface area contributed by atoms with Gasteiger partial charge in [-0.05, 0) is 46.7 Å². The van der Waals surface area contributed by atoms with Crippen LogP contribution < -0.4 is 10.8 Å². The number of rotatable bonds is 14. The summed E-state index contributed by atoms with van der Waals surface area (Å²) in [6, 6.07) is 52.5. The SMILES string of the molecule is CON(c1ccnc(=O)[nH]1)C(c1ccccc1)(c1ccccc1)[C@@]1(CC(O)COC(c2ccccc2)(c2ccccc2)c2ccccc2)C=CC=CC1. The van der Waals surface area contributed by atoms with Crippen LogP contribution in [0.25, 0.3) is 0 Å². The average molecular weight is 702 g/mol. The molecule has 5 aromatic carbocycles. The lowest BCUT2D eigenvalue weighted by atomic mass is 9.57. The van der Waals surface area contributed by atoms with Crippen LogP contribution in [0.3, 0.4) is 0 Å². The number of hydroxylamine groups is 1. The van der Waals surface area contributed by atoms with Crippen LogP contribution >= 0.6 is 0 Å². The summed E-state index contributed by atoms with van der Waals surface area (Å²) in [7, 11) is 1.60. The van der Waals surface area contributed by atoms with E-state index in [0.29, 0.717) is 12.2 Å². The van der Waals surface area contributed by atoms with Crippen LogP contribution in [0.1, 0.15) is 40.7 Å². The summed E-state index contributed by atoms with van der Waals surface area (Å²) in [5, 5.41) is 14.3. The van der Waals surface area contributed by atoms with Crippen LogP contribution in [-0.4, -0.2) is 34.9 Å². The maximum atomic E-state index is 12.7. The maximum absolute atomic E-state index is 12.7. The second-order valence-corrected chi connectivity index (χ2v) is 13.3. The van der Waals surface area contributed by atoms with E-state index < -0.39 is 28.3 Å². The van der Waals surface area contributed by atoms with E-state index in [1.54, 1.807) is 18.2 Å². The quantitative estimate of drug-likeness (QED) is 0.0878. The number of nitrogens with one attached hydrogen (secondary N) is 1. The van der Waals surface area contributed by atoms with Gasteiger partial charge in [0.25, 0.3) is 0 Å². The van der Waals surface area contributed by atoms with Crippen molar-refractivity contribution in [1.82, 2.24) is 9.97 Å². The number of aliphatic hydroxyl groups is 1. The number of hydrogen-bond donors (Lipinski definition) is 2. The number of aromatic nitrogens is 2. The molecule has 0 amide bonds. The molecule has 2 N–H and O–H groups in total. The van der Waals surface area contributed by atoms with Crippen LogP contribution in [0.4, 0.5) is 5.82 Å². The number of hydrogen-bond acceptors (Lipinski definition) is 6. The van der Waals surface area contributed by atoms with Crippen molar-refractivity contribution in [1.29, 1.82) is 0 Å². The largest absolute Gasteiger partial charge is 0.391 e. The molecule has 1 aromatic heterocycles. The Kier molecular flexibility index (Phi) is 10.6. The number of aromatic amines is 1. The van der Waals surface area contributed by atoms with Crippen molar-refractivity contribution in [3.05, 3.63) is 227 Å². The van der Waals surface area contributed by atoms with Gasteiger partial charge in [-0.3, -0.25) is 9.82 Å². The lowest BCUT2D eigenvalue weighted by molar-refractivity contribution is -0.0590. The Labute approximate surface area is 310 Å². The van der Waals surface area contributed by atoms with Crippen molar-refractivity contribution >= 4 is 5.82 Å². The summed E-state index contributed by atoms with van der Waals surface area (Å²) in [5.41, 5.74) is 1.20. The van der Waals surface area contributed by atoms with E-state index >= 15 is 0 Å². The predicted molar refractivity (Wildman–Crippen MR) is 209 cm³/mol. The average Bonchev–Trinajstić information content (AvgIpc) is 3.22. The van der Waals surface area contributed by atoms with Gasteiger partial charge in [0, 0.05) is 11.6 Å². The fourth-order valence-corrected chi connectivity index (χ4v) is 8.13. The fraction of sp³-hybridized carbons (Fsp3) is 0.174. The van der Waals surface area contributed by atoms with Crippen molar-refractivity contribution in [2.24, 2.45) is 5.41 Å². The molecule has 0 bridgehead atoms. The highest BCUT2D eigenvalue weighted by molar-refractivity contribution is 5.55. The standard InChI is InChI=1S/C46H43N3O4/c1-52-49(42-30-33-47-43(51)48-42)46(39-26-14-5-15-27-39,40-28-16-6-17-29-40)44(31-18-7-19-32-44)34-41(50)35-53-45(36-20-8-2-9-21-36,37-22-10-3-11-23-37)38-24-12-4-13-25-38/h2-31,33,41,50H,32,34-35H2,1H3,(H,47,48,51)/t41?,44-/m0/s1. The first-order valence-corrected chi connectivity index (χ1v) is 17.9. The van der Waals surface area contributed by atoms with Gasteiger partial charge in [-0.15, -0.1) is 0 Å². The first-order chi connectivity index (χ1) is 26.0. The maximum Gasteiger partial charge on any atom is 0.346 e. The molecule has 1 aliphatic carbocycles. The second kappa shape index (κ2) is 15.8. The lowest BCUT2D eigenvalue weighted by Crippen LogP contribution is -2.59. The number of H-pyrrole nitrogens is 1. The zero-order valence-corrected chi connectivity index (χ0v) is 29.7. The van der Waals surface area contributed by atoms with E-state index in [2.05, 4.69) is 82.8 Å². The van der Waals surface area contributed by atoms with E-state index in [4.69, 9.17) is 9.57 Å². The van der Waals surface area contributed by atoms with Crippen LogP contribution in [0, 0.1) is 5.41 Å². The van der Waals surface area contributed by atoms with E-state index in [9.17, 15) is 9.90 Å². The Hall–Kier alpha value is -5.86. The van der Waals surface area contributed by atoms with Gasteiger partial charge in [-0.25, -0.2) is 14.8 Å². The molecular formula is C46H43N3O4. The Morgan fingerprint density at radius 3 is 1.60 bits per heavy atom. The number of anilines is 1. The highest BCUT2D eigenvalue weighted by Crippen LogP contribution is 2.57. The Morgan fingerprint density at radius 2 is 1.19 bits per heavy atom. The summed E-state index contributed by atoms with van der Waals surface area (Å²) < 4.78 is 7.15. The molecule has 7 nitrogen and oxygen atoms in total. The minimum absolute atomic E-state index is 0.0106. The third-order valence-corrected chi connectivity index (χ3v) is 10.2. The summed E-state index contributed by atoms with van der Waals surface area (Å²) in [5.74, 6) is 0.421. The van der Waals surface area contributed by atoms with Gasteiger partial charge in [0.2, 0.25) is 0 Å². The molecule has 0 radical (unpaired) electrons. The number of benzene rings is 5. The lowest BCUT2D eigenvalue weighted by Gasteiger charge is -2.56. The minimum atomic E-state index is -1.12. The van der Waals surface area contributed by atoms with E-state index in [-0.39, 0.29) is 13.0 Å². The molecule has 1 unspecified atom stereocenters. The summed E-state index contributed by atoms with van der Waals surface area (Å²) in [6.07, 6.45) is 9.68. The summed E-state index contributed by atoms with van der Waals surface area (Å²) >= 11 is 0. The van der Waals surface area contributed by atoms with Crippen molar-refractivity contribution < 1.29 is 14.7 Å². The zero-order chi connectivity index (χ0) is 36.6. The van der Waals surface area contributed by atoms with E-state index in [1.807, 2.05) is 103 Å². The predicted octanol–water partition coefficient (Wildman–Crippen LogP) is 8.34. The molecule has 53 heavy (non-hydrogen) atoms. The molecule has 7 rings (SSSR count). The highest BCUT2D eigenvalue weighted by atomic mass is 16.7. The van der Waals surface area contributed by atoms with Crippen LogP contribution in [-0.2, 0) is 20.7 Å². The fourth-order valence-electron chi connectivity index (χ4n) is 8.13. The normalized spacial score (nSPS) is 16.3. The van der Waals surface area contributed by atoms with Gasteiger partial charge in [-0.1, -0.05) is 176 Å². The molecule has 6 aromatic rings. The van der Waals surface area contributed by atoms with Crippen LogP contribution in [0.2, 0.25) is 0 Å². The second-order valence-electron chi connectivity index (χ2n) is 13.3. The van der Waals surface area contributed by atoms with Gasteiger partial charge in [-0.2, -0.15) is 0 Å². The molecule has 266 valence electrons. The smallest absolute Gasteiger partial charge is 0.346 e. The number of ether oxygens (including phenoxy) is 1. The zero-order valence-electron chi connectivity index (χ0n) is 29.7. The number of aliphatic hydroxyl groups excluding tert-OH is 1. The first-order valence-electron chi connectivity index (χ1n) is 17.9. The molecule has 7 heteroatoms. The monoisotopic (exact) mass is 701 g/mol. The third kappa shape index (κ3) is 6.66. The van der Waals surface area contributed by atoms with Crippen molar-refractivity contribution in [2.75, 3.05) is 18.8 Å². The molecule has 0 saturated heterocycles.